The van der Waals surface area contributed by atoms with E-state index in [1.807, 2.05) is 18.2 Å². The zero-order chi connectivity index (χ0) is 16.8. The Morgan fingerprint density at radius 3 is 2.23 bits per heavy atom. The number of ketones is 1. The topological polar surface area (TPSA) is 69.6 Å². The average molecular weight is 318 g/mol. The van der Waals surface area contributed by atoms with Gasteiger partial charge in [-0.2, -0.15) is 13.2 Å². The number of piperazine rings is 1. The third-order valence-corrected chi connectivity index (χ3v) is 2.98. The fraction of sp³-hybridized carbons (Fsp3) is 0.429. The molecule has 0 radical (unpaired) electrons. The zero-order valence-corrected chi connectivity index (χ0v) is 12.0. The first-order valence-corrected chi connectivity index (χ1v) is 6.58. The molecule has 2 N–H and O–H groups in total. The molecule has 8 heteroatoms. The Hall–Kier alpha value is -2.09. The molecule has 0 bridgehead atoms. The van der Waals surface area contributed by atoms with Crippen LogP contribution in [0.1, 0.15) is 17.3 Å². The fourth-order valence-corrected chi connectivity index (χ4v) is 1.84. The van der Waals surface area contributed by atoms with Crippen LogP contribution in [0.15, 0.2) is 24.3 Å². The number of carbonyl (C=O) groups is 2. The number of nitrogens with one attached hydrogen (secondary N) is 1. The summed E-state index contributed by atoms with van der Waals surface area (Å²) in [6, 6.07) is 7.87. The van der Waals surface area contributed by atoms with Crippen LogP contribution in [0.25, 0.3) is 0 Å². The monoisotopic (exact) mass is 318 g/mol. The van der Waals surface area contributed by atoms with Gasteiger partial charge in [-0.3, -0.25) is 4.79 Å². The van der Waals surface area contributed by atoms with Crippen LogP contribution in [0.4, 0.5) is 18.9 Å². The lowest BCUT2D eigenvalue weighted by molar-refractivity contribution is -0.192. The van der Waals surface area contributed by atoms with Crippen molar-refractivity contribution >= 4 is 17.4 Å². The van der Waals surface area contributed by atoms with Crippen molar-refractivity contribution in [1.29, 1.82) is 0 Å². The predicted molar refractivity (Wildman–Crippen MR) is 75.2 cm³/mol. The maximum absolute atomic E-state index is 11.2. The lowest BCUT2D eigenvalue weighted by Crippen LogP contribution is -2.43. The number of Topliss-reactive ketones (excluding diaryl/α,β-unsaturated/α-hetero) is 1. The maximum Gasteiger partial charge on any atom is 0.490 e. The number of rotatable bonds is 2. The minimum atomic E-state index is -5.08. The lowest BCUT2D eigenvalue weighted by atomic mass is 10.1. The summed E-state index contributed by atoms with van der Waals surface area (Å²) >= 11 is 0. The number of hydrogen-bond donors (Lipinski definition) is 2. The first-order valence-electron chi connectivity index (χ1n) is 6.58. The fourth-order valence-electron chi connectivity index (χ4n) is 1.84. The summed E-state index contributed by atoms with van der Waals surface area (Å²) in [6.45, 7) is 5.67. The number of carbonyl (C=O) groups excluding carboxylic acids is 1. The second-order valence-electron chi connectivity index (χ2n) is 4.65. The Morgan fingerprint density at radius 2 is 1.77 bits per heavy atom. The molecule has 122 valence electrons. The Kier molecular flexibility index (Phi) is 6.36. The SMILES string of the molecule is CC(=O)c1cccc(N2CCNCC2)c1.O=C(O)C(F)(F)F. The molecule has 2 rings (SSSR count). The Balaban J connectivity index is 0.000000295. The van der Waals surface area contributed by atoms with Crippen molar-refractivity contribution in [1.82, 2.24) is 5.32 Å². The number of nitrogens with zero attached hydrogens (tertiary/aromatic N) is 1. The van der Waals surface area contributed by atoms with E-state index < -0.39 is 12.1 Å². The van der Waals surface area contributed by atoms with Gasteiger partial charge in [0.1, 0.15) is 0 Å². The number of carboxylic acid groups (broad SMARTS) is 1. The van der Waals surface area contributed by atoms with Crippen molar-refractivity contribution < 1.29 is 27.9 Å². The summed E-state index contributed by atoms with van der Waals surface area (Å²) in [5.41, 5.74) is 1.95. The highest BCUT2D eigenvalue weighted by atomic mass is 19.4. The first-order chi connectivity index (χ1) is 10.2. The van der Waals surface area contributed by atoms with E-state index in [1.165, 1.54) is 0 Å². The van der Waals surface area contributed by atoms with Gasteiger partial charge < -0.3 is 15.3 Å². The normalized spacial score (nSPS) is 14.8. The lowest BCUT2D eigenvalue weighted by Gasteiger charge is -2.29. The highest BCUT2D eigenvalue weighted by Gasteiger charge is 2.38. The summed E-state index contributed by atoms with van der Waals surface area (Å²) in [6.07, 6.45) is -5.08. The molecule has 1 heterocycles. The highest BCUT2D eigenvalue weighted by Crippen LogP contribution is 2.17. The molecule has 0 aromatic heterocycles. The van der Waals surface area contributed by atoms with Crippen LogP contribution in [0, 0.1) is 0 Å². The largest absolute Gasteiger partial charge is 0.490 e. The minimum absolute atomic E-state index is 0.131. The van der Waals surface area contributed by atoms with Gasteiger partial charge in [0.2, 0.25) is 0 Å². The third kappa shape index (κ3) is 5.72. The molecule has 1 fully saturated rings. The van der Waals surface area contributed by atoms with Crippen LogP contribution in [0.2, 0.25) is 0 Å². The Morgan fingerprint density at radius 1 is 1.23 bits per heavy atom. The smallest absolute Gasteiger partial charge is 0.475 e. The van der Waals surface area contributed by atoms with E-state index in [0.29, 0.717) is 0 Å². The van der Waals surface area contributed by atoms with Crippen LogP contribution >= 0.6 is 0 Å². The summed E-state index contributed by atoms with van der Waals surface area (Å²) < 4.78 is 31.7. The molecular weight excluding hydrogens is 301 g/mol. The molecule has 1 saturated heterocycles. The molecule has 0 amide bonds. The van der Waals surface area contributed by atoms with Gasteiger partial charge in [0, 0.05) is 37.4 Å². The number of anilines is 1. The molecule has 1 aliphatic heterocycles. The second kappa shape index (κ2) is 7.79. The van der Waals surface area contributed by atoms with E-state index in [1.54, 1.807) is 6.92 Å². The van der Waals surface area contributed by atoms with E-state index in [-0.39, 0.29) is 5.78 Å². The molecule has 1 aromatic rings. The minimum Gasteiger partial charge on any atom is -0.475 e. The average Bonchev–Trinajstić information content (AvgIpc) is 2.48. The number of carboxylic acids is 1. The summed E-state index contributed by atoms with van der Waals surface area (Å²) in [4.78, 5) is 22.5. The third-order valence-electron chi connectivity index (χ3n) is 2.98. The van der Waals surface area contributed by atoms with Crippen molar-refractivity contribution in [3.8, 4) is 0 Å². The number of aliphatic carboxylic acids is 1. The molecule has 0 saturated carbocycles. The van der Waals surface area contributed by atoms with E-state index in [9.17, 15) is 18.0 Å². The molecule has 0 spiro atoms. The molecule has 1 aliphatic rings. The van der Waals surface area contributed by atoms with Crippen molar-refractivity contribution in [3.63, 3.8) is 0 Å². The Labute approximate surface area is 125 Å². The summed E-state index contributed by atoms with van der Waals surface area (Å²) in [5.74, 6) is -2.63. The van der Waals surface area contributed by atoms with Gasteiger partial charge in [0.15, 0.2) is 5.78 Å². The molecule has 0 aliphatic carbocycles. The van der Waals surface area contributed by atoms with Crippen LogP contribution in [-0.2, 0) is 4.79 Å². The quantitative estimate of drug-likeness (QED) is 0.816. The molecule has 0 atom stereocenters. The van der Waals surface area contributed by atoms with E-state index in [0.717, 1.165) is 37.4 Å². The molecular formula is C14H17F3N2O3. The van der Waals surface area contributed by atoms with Crippen molar-refractivity contribution in [3.05, 3.63) is 29.8 Å². The standard InChI is InChI=1S/C12H16N2O.C2HF3O2/c1-10(15)11-3-2-4-12(9-11)14-7-5-13-6-8-14;3-2(4,5)1(6)7/h2-4,9,13H,5-8H2,1H3;(H,6,7). The Bertz CT molecular complexity index is 526. The predicted octanol–water partition coefficient (Wildman–Crippen LogP) is 1.93. The summed E-state index contributed by atoms with van der Waals surface area (Å²) in [5, 5.41) is 10.4. The number of halogens is 3. The van der Waals surface area contributed by atoms with Gasteiger partial charge >= 0.3 is 12.1 Å². The van der Waals surface area contributed by atoms with Gasteiger partial charge in [0.25, 0.3) is 0 Å². The van der Waals surface area contributed by atoms with Crippen molar-refractivity contribution in [2.24, 2.45) is 0 Å². The van der Waals surface area contributed by atoms with Gasteiger partial charge in [-0.15, -0.1) is 0 Å². The highest BCUT2D eigenvalue weighted by molar-refractivity contribution is 5.94. The molecule has 1 aromatic carbocycles. The first kappa shape index (κ1) is 18.0. The molecule has 22 heavy (non-hydrogen) atoms. The molecule has 0 unspecified atom stereocenters. The van der Waals surface area contributed by atoms with Gasteiger partial charge in [0.05, 0.1) is 0 Å². The maximum atomic E-state index is 11.2. The van der Waals surface area contributed by atoms with Gasteiger partial charge in [-0.25, -0.2) is 4.79 Å². The van der Waals surface area contributed by atoms with Crippen LogP contribution in [0.5, 0.6) is 0 Å². The van der Waals surface area contributed by atoms with Crippen LogP contribution in [0.3, 0.4) is 0 Å². The van der Waals surface area contributed by atoms with Crippen molar-refractivity contribution in [2.75, 3.05) is 31.1 Å². The number of alkyl halides is 3. The summed E-state index contributed by atoms with van der Waals surface area (Å²) in [7, 11) is 0. The van der Waals surface area contributed by atoms with Crippen LogP contribution < -0.4 is 10.2 Å². The van der Waals surface area contributed by atoms with Gasteiger partial charge in [-0.05, 0) is 19.1 Å². The second-order valence-corrected chi connectivity index (χ2v) is 4.65. The van der Waals surface area contributed by atoms with Crippen LogP contribution in [-0.4, -0.2) is 49.2 Å². The van der Waals surface area contributed by atoms with E-state index in [2.05, 4.69) is 16.3 Å². The molecule has 5 nitrogen and oxygen atoms in total. The van der Waals surface area contributed by atoms with E-state index in [4.69, 9.17) is 9.90 Å². The zero-order valence-electron chi connectivity index (χ0n) is 12.0. The number of benzene rings is 1. The van der Waals surface area contributed by atoms with Gasteiger partial charge in [-0.1, -0.05) is 12.1 Å². The van der Waals surface area contributed by atoms with Crippen molar-refractivity contribution in [2.45, 2.75) is 13.1 Å². The van der Waals surface area contributed by atoms with E-state index >= 15 is 0 Å². The number of hydrogen-bond acceptors (Lipinski definition) is 4.